The zero-order valence-corrected chi connectivity index (χ0v) is 11.5. The van der Waals surface area contributed by atoms with Crippen molar-refractivity contribution < 1.29 is 0 Å². The monoisotopic (exact) mass is 228 g/mol. The van der Waals surface area contributed by atoms with Crippen LogP contribution in [-0.4, -0.2) is 8.07 Å². The molecule has 0 nitrogen and oxygen atoms in total. The van der Waals surface area contributed by atoms with E-state index in [1.807, 2.05) is 0 Å². The summed E-state index contributed by atoms with van der Waals surface area (Å²) in [6, 6.07) is 8.81. The van der Waals surface area contributed by atoms with Crippen LogP contribution in [0.5, 0.6) is 0 Å². The molecule has 1 aromatic rings. The van der Waals surface area contributed by atoms with E-state index >= 15 is 0 Å². The number of rotatable bonds is 2. The Morgan fingerprint density at radius 2 is 1.88 bits per heavy atom. The first-order valence-corrected chi connectivity index (χ1v) is 9.07. The van der Waals surface area contributed by atoms with Gasteiger partial charge < -0.3 is 0 Å². The quantitative estimate of drug-likeness (QED) is 0.674. The molecule has 0 spiro atoms. The number of hydrogen-bond donors (Lipinski definition) is 0. The van der Waals surface area contributed by atoms with E-state index in [0.717, 1.165) is 0 Å². The third-order valence-electron chi connectivity index (χ3n) is 3.63. The highest BCUT2D eigenvalue weighted by molar-refractivity contribution is 6.97. The summed E-state index contributed by atoms with van der Waals surface area (Å²) >= 11 is 0. The summed E-state index contributed by atoms with van der Waals surface area (Å²) in [6.07, 6.45) is 4.72. The van der Waals surface area contributed by atoms with E-state index in [2.05, 4.69) is 56.9 Å². The van der Waals surface area contributed by atoms with Crippen LogP contribution >= 0.6 is 0 Å². The molecule has 0 aromatic heterocycles. The molecule has 2 rings (SSSR count). The van der Waals surface area contributed by atoms with Crippen LogP contribution in [-0.2, 0) is 0 Å². The van der Waals surface area contributed by atoms with Crippen LogP contribution in [0.2, 0.25) is 13.1 Å². The summed E-state index contributed by atoms with van der Waals surface area (Å²) in [5.41, 5.74) is 2.91. The smallest absolute Gasteiger partial charge is 0.0991 e. The van der Waals surface area contributed by atoms with Gasteiger partial charge in [-0.3, -0.25) is 0 Å². The minimum Gasteiger partial charge on any atom is -0.0991 e. The van der Waals surface area contributed by atoms with Gasteiger partial charge in [0.1, 0.15) is 8.07 Å². The molecule has 1 heterocycles. The highest BCUT2D eigenvalue weighted by Gasteiger charge is 2.33. The summed E-state index contributed by atoms with van der Waals surface area (Å²) in [6.45, 7) is 11.4. The minimum atomic E-state index is -1.48. The first kappa shape index (κ1) is 11.4. The first-order chi connectivity index (χ1) is 7.57. The lowest BCUT2D eigenvalue weighted by atomic mass is 10.1. The van der Waals surface area contributed by atoms with Gasteiger partial charge >= 0.3 is 0 Å². The number of benzene rings is 1. The molecule has 1 aliphatic heterocycles. The largest absolute Gasteiger partial charge is 0.112 e. The van der Waals surface area contributed by atoms with E-state index in [4.69, 9.17) is 0 Å². The molecule has 0 amide bonds. The number of allylic oxidation sites excluding steroid dienone is 2. The maximum atomic E-state index is 4.36. The summed E-state index contributed by atoms with van der Waals surface area (Å²) < 4.78 is 0. The highest BCUT2D eigenvalue weighted by Crippen LogP contribution is 2.31. The van der Waals surface area contributed by atoms with Crippen LogP contribution in [0.3, 0.4) is 0 Å². The van der Waals surface area contributed by atoms with Gasteiger partial charge in [0.15, 0.2) is 0 Å². The van der Waals surface area contributed by atoms with Crippen LogP contribution in [0.4, 0.5) is 0 Å². The second-order valence-corrected chi connectivity index (χ2v) is 9.50. The van der Waals surface area contributed by atoms with Crippen molar-refractivity contribution in [2.45, 2.75) is 32.9 Å². The standard InChI is InChI=1S/C15H20Si/c1-5-8-13-11-14-9-6-7-10-15(14)16(3,4)12(13)2/h6-7,9-11H,2,5,8H2,1,3-4H3. The topological polar surface area (TPSA) is 0 Å². The fourth-order valence-electron chi connectivity index (χ4n) is 2.52. The second kappa shape index (κ2) is 4.06. The molecular formula is C15H20Si. The van der Waals surface area contributed by atoms with Crippen molar-refractivity contribution in [1.82, 2.24) is 0 Å². The van der Waals surface area contributed by atoms with Crippen LogP contribution in [0.1, 0.15) is 25.3 Å². The molecule has 0 unspecified atom stereocenters. The lowest BCUT2D eigenvalue weighted by Crippen LogP contribution is -2.47. The third kappa shape index (κ3) is 1.69. The SMILES string of the molecule is C=C1C(CCC)=Cc2ccccc2[Si]1(C)C. The summed E-state index contributed by atoms with van der Waals surface area (Å²) in [4.78, 5) is 0. The van der Waals surface area contributed by atoms with Crippen LogP contribution in [0.15, 0.2) is 41.6 Å². The van der Waals surface area contributed by atoms with Crippen molar-refractivity contribution in [1.29, 1.82) is 0 Å². The molecule has 16 heavy (non-hydrogen) atoms. The fraction of sp³-hybridized carbons (Fsp3) is 0.333. The van der Waals surface area contributed by atoms with E-state index in [1.165, 1.54) is 29.2 Å². The second-order valence-electron chi connectivity index (χ2n) is 5.11. The van der Waals surface area contributed by atoms with Crippen LogP contribution in [0, 0.1) is 0 Å². The lowest BCUT2D eigenvalue weighted by Gasteiger charge is -2.33. The van der Waals surface area contributed by atoms with Crippen molar-refractivity contribution in [3.05, 3.63) is 47.2 Å². The summed E-state index contributed by atoms with van der Waals surface area (Å²) in [7, 11) is -1.48. The highest BCUT2D eigenvalue weighted by atomic mass is 28.3. The zero-order chi connectivity index (χ0) is 11.8. The Hall–Kier alpha value is -1.08. The number of fused-ring (bicyclic) bond motifs is 1. The lowest BCUT2D eigenvalue weighted by molar-refractivity contribution is 0.926. The molecule has 0 bridgehead atoms. The molecular weight excluding hydrogens is 208 g/mol. The van der Waals surface area contributed by atoms with E-state index in [-0.39, 0.29) is 0 Å². The molecule has 0 aliphatic carbocycles. The Morgan fingerprint density at radius 3 is 2.56 bits per heavy atom. The molecule has 1 aliphatic rings. The Balaban J connectivity index is 2.57. The van der Waals surface area contributed by atoms with Crippen LogP contribution < -0.4 is 5.19 Å². The normalized spacial score (nSPS) is 17.9. The molecule has 1 aromatic carbocycles. The van der Waals surface area contributed by atoms with Gasteiger partial charge in [-0.05, 0) is 22.7 Å². The van der Waals surface area contributed by atoms with Gasteiger partial charge in [-0.2, -0.15) is 0 Å². The van der Waals surface area contributed by atoms with Crippen LogP contribution in [0.25, 0.3) is 6.08 Å². The van der Waals surface area contributed by atoms with Gasteiger partial charge in [0.2, 0.25) is 0 Å². The van der Waals surface area contributed by atoms with Gasteiger partial charge in [0, 0.05) is 0 Å². The van der Waals surface area contributed by atoms with Gasteiger partial charge in [-0.15, -0.1) is 0 Å². The summed E-state index contributed by atoms with van der Waals surface area (Å²) in [5, 5.41) is 2.97. The minimum absolute atomic E-state index is 1.17. The van der Waals surface area contributed by atoms with E-state index in [0.29, 0.717) is 0 Å². The molecule has 0 N–H and O–H groups in total. The van der Waals surface area contributed by atoms with E-state index in [1.54, 1.807) is 5.19 Å². The maximum Gasteiger partial charge on any atom is 0.112 e. The third-order valence-corrected chi connectivity index (χ3v) is 7.26. The molecule has 84 valence electrons. The molecule has 0 atom stereocenters. The molecule has 0 fully saturated rings. The average molecular weight is 228 g/mol. The maximum absolute atomic E-state index is 4.36. The molecule has 1 heteroatoms. The number of hydrogen-bond acceptors (Lipinski definition) is 0. The predicted octanol–water partition coefficient (Wildman–Crippen LogP) is 3.89. The van der Waals surface area contributed by atoms with Crippen molar-refractivity contribution in [3.8, 4) is 0 Å². The Bertz CT molecular complexity index is 452. The van der Waals surface area contributed by atoms with Crippen molar-refractivity contribution in [3.63, 3.8) is 0 Å². The van der Waals surface area contributed by atoms with Gasteiger partial charge in [-0.1, -0.05) is 68.6 Å². The fourth-order valence-corrected chi connectivity index (χ4v) is 5.24. The Morgan fingerprint density at radius 1 is 1.19 bits per heavy atom. The van der Waals surface area contributed by atoms with E-state index in [9.17, 15) is 0 Å². The van der Waals surface area contributed by atoms with Crippen molar-refractivity contribution in [2.75, 3.05) is 0 Å². The van der Waals surface area contributed by atoms with Gasteiger partial charge in [0.05, 0.1) is 0 Å². The van der Waals surface area contributed by atoms with Crippen molar-refractivity contribution in [2.24, 2.45) is 0 Å². The molecule has 0 radical (unpaired) electrons. The first-order valence-electron chi connectivity index (χ1n) is 6.07. The van der Waals surface area contributed by atoms with E-state index < -0.39 is 8.07 Å². The average Bonchev–Trinajstić information content (AvgIpc) is 2.26. The Labute approximate surface area is 99.7 Å². The van der Waals surface area contributed by atoms with Gasteiger partial charge in [0.25, 0.3) is 0 Å². The molecule has 0 saturated heterocycles. The van der Waals surface area contributed by atoms with Gasteiger partial charge in [-0.25, -0.2) is 0 Å². The van der Waals surface area contributed by atoms with Crippen molar-refractivity contribution >= 4 is 19.3 Å². The zero-order valence-electron chi connectivity index (χ0n) is 10.5. The molecule has 0 saturated carbocycles. The Kier molecular flexibility index (Phi) is 2.89. The predicted molar refractivity (Wildman–Crippen MR) is 75.6 cm³/mol. The summed E-state index contributed by atoms with van der Waals surface area (Å²) in [5.74, 6) is 0.